The van der Waals surface area contributed by atoms with E-state index in [1.807, 2.05) is 17.0 Å². The number of nitrogens with zero attached hydrogens (tertiary/aromatic N) is 1. The number of carbonyl (C=O) groups excluding carboxylic acids is 1. The van der Waals surface area contributed by atoms with Crippen molar-refractivity contribution in [2.24, 2.45) is 11.7 Å². The van der Waals surface area contributed by atoms with Gasteiger partial charge in [-0.2, -0.15) is 0 Å². The molecular formula is C17H22Cl2N2O2. The van der Waals surface area contributed by atoms with Crippen LogP contribution in [0.4, 0.5) is 0 Å². The predicted octanol–water partition coefficient (Wildman–Crippen LogP) is 3.41. The van der Waals surface area contributed by atoms with Crippen molar-refractivity contribution in [3.8, 4) is 0 Å². The summed E-state index contributed by atoms with van der Waals surface area (Å²) in [4.78, 5) is 14.5. The van der Waals surface area contributed by atoms with Gasteiger partial charge in [-0.15, -0.1) is 0 Å². The molecule has 3 atom stereocenters. The first-order chi connectivity index (χ1) is 11.0. The Labute approximate surface area is 146 Å². The number of rotatable bonds is 3. The molecule has 2 N–H and O–H groups in total. The Kier molecular flexibility index (Phi) is 5.47. The zero-order chi connectivity index (χ0) is 16.4. The van der Waals surface area contributed by atoms with Crippen LogP contribution in [0.1, 0.15) is 37.4 Å². The summed E-state index contributed by atoms with van der Waals surface area (Å²) in [7, 11) is 0. The number of morpholine rings is 1. The van der Waals surface area contributed by atoms with Crippen LogP contribution in [0, 0.1) is 5.92 Å². The molecule has 1 aromatic rings. The lowest BCUT2D eigenvalue weighted by Crippen LogP contribution is -2.43. The van der Waals surface area contributed by atoms with Crippen molar-refractivity contribution in [1.29, 1.82) is 0 Å². The fourth-order valence-electron chi connectivity index (χ4n) is 3.46. The standard InChI is InChI=1S/C17H22Cl2N2O2/c18-13-5-4-12(8-14(13)19)16-10-21(6-7-23-16)17(22)9-11-2-1-3-15(11)20/h4-5,8,11,15-16H,1-3,6-7,9-10,20H2/t11-,15+,16?/m0/s1. The minimum Gasteiger partial charge on any atom is -0.370 e. The van der Waals surface area contributed by atoms with Gasteiger partial charge in [-0.05, 0) is 36.5 Å². The summed E-state index contributed by atoms with van der Waals surface area (Å²) in [6.07, 6.45) is 3.63. The fraction of sp³-hybridized carbons (Fsp3) is 0.588. The monoisotopic (exact) mass is 356 g/mol. The summed E-state index contributed by atoms with van der Waals surface area (Å²) in [5, 5.41) is 1.03. The number of hydrogen-bond acceptors (Lipinski definition) is 3. The molecule has 1 aliphatic carbocycles. The van der Waals surface area contributed by atoms with Gasteiger partial charge in [0.2, 0.25) is 5.91 Å². The van der Waals surface area contributed by atoms with Crippen molar-refractivity contribution < 1.29 is 9.53 Å². The van der Waals surface area contributed by atoms with E-state index in [1.54, 1.807) is 6.07 Å². The molecular weight excluding hydrogens is 335 g/mol. The van der Waals surface area contributed by atoms with Crippen LogP contribution in [0.15, 0.2) is 18.2 Å². The minimum atomic E-state index is -0.153. The molecule has 1 aliphatic heterocycles. The number of carbonyl (C=O) groups is 1. The molecule has 0 bridgehead atoms. The van der Waals surface area contributed by atoms with E-state index in [4.69, 9.17) is 33.7 Å². The summed E-state index contributed by atoms with van der Waals surface area (Å²) in [5.41, 5.74) is 7.04. The topological polar surface area (TPSA) is 55.6 Å². The van der Waals surface area contributed by atoms with Crippen LogP contribution in [-0.2, 0) is 9.53 Å². The average molecular weight is 357 g/mol. The summed E-state index contributed by atoms with van der Waals surface area (Å²) in [5.74, 6) is 0.509. The molecule has 0 aromatic heterocycles. The molecule has 126 valence electrons. The molecule has 1 amide bonds. The number of nitrogens with two attached hydrogens (primary N) is 1. The van der Waals surface area contributed by atoms with Gasteiger partial charge in [-0.1, -0.05) is 35.7 Å². The maximum absolute atomic E-state index is 12.6. The average Bonchev–Trinajstić information content (AvgIpc) is 2.95. The van der Waals surface area contributed by atoms with Crippen LogP contribution in [0.2, 0.25) is 10.0 Å². The van der Waals surface area contributed by atoms with Gasteiger partial charge in [-0.3, -0.25) is 4.79 Å². The molecule has 1 heterocycles. The molecule has 23 heavy (non-hydrogen) atoms. The molecule has 1 saturated carbocycles. The third-order valence-corrected chi connectivity index (χ3v) is 5.63. The first-order valence-corrected chi connectivity index (χ1v) is 8.90. The highest BCUT2D eigenvalue weighted by atomic mass is 35.5. The van der Waals surface area contributed by atoms with Crippen molar-refractivity contribution in [1.82, 2.24) is 4.90 Å². The zero-order valence-electron chi connectivity index (χ0n) is 13.0. The number of benzene rings is 1. The van der Waals surface area contributed by atoms with E-state index >= 15 is 0 Å². The lowest BCUT2D eigenvalue weighted by Gasteiger charge is -2.34. The summed E-state index contributed by atoms with van der Waals surface area (Å²) in [6, 6.07) is 5.65. The smallest absolute Gasteiger partial charge is 0.223 e. The molecule has 1 saturated heterocycles. The van der Waals surface area contributed by atoms with Crippen molar-refractivity contribution in [2.45, 2.75) is 37.8 Å². The third kappa shape index (κ3) is 4.00. The largest absolute Gasteiger partial charge is 0.370 e. The maximum atomic E-state index is 12.6. The highest BCUT2D eigenvalue weighted by Crippen LogP contribution is 2.31. The number of hydrogen-bond donors (Lipinski definition) is 1. The second kappa shape index (κ2) is 7.39. The van der Waals surface area contributed by atoms with E-state index in [-0.39, 0.29) is 18.1 Å². The number of halogens is 2. The SMILES string of the molecule is N[C@@H]1CCC[C@H]1CC(=O)N1CCOC(c2ccc(Cl)c(Cl)c2)C1. The Morgan fingerprint density at radius 2 is 2.13 bits per heavy atom. The fourth-order valence-corrected chi connectivity index (χ4v) is 3.77. The Balaban J connectivity index is 1.63. The van der Waals surface area contributed by atoms with Crippen molar-refractivity contribution >= 4 is 29.1 Å². The predicted molar refractivity (Wildman–Crippen MR) is 91.7 cm³/mol. The summed E-state index contributed by atoms with van der Waals surface area (Å²) in [6.45, 7) is 1.73. The zero-order valence-corrected chi connectivity index (χ0v) is 14.5. The molecule has 3 rings (SSSR count). The van der Waals surface area contributed by atoms with Crippen LogP contribution in [-0.4, -0.2) is 36.5 Å². The Hall–Kier alpha value is -0.810. The van der Waals surface area contributed by atoms with Crippen LogP contribution >= 0.6 is 23.2 Å². The van der Waals surface area contributed by atoms with Gasteiger partial charge in [0, 0.05) is 19.0 Å². The van der Waals surface area contributed by atoms with Crippen LogP contribution in [0.5, 0.6) is 0 Å². The first kappa shape index (κ1) is 17.0. The highest BCUT2D eigenvalue weighted by molar-refractivity contribution is 6.42. The lowest BCUT2D eigenvalue weighted by atomic mass is 9.99. The van der Waals surface area contributed by atoms with Gasteiger partial charge >= 0.3 is 0 Å². The summed E-state index contributed by atoms with van der Waals surface area (Å²) >= 11 is 12.0. The Bertz CT molecular complexity index is 582. The lowest BCUT2D eigenvalue weighted by molar-refractivity contribution is -0.140. The molecule has 0 radical (unpaired) electrons. The van der Waals surface area contributed by atoms with Crippen LogP contribution < -0.4 is 5.73 Å². The Morgan fingerprint density at radius 3 is 2.83 bits per heavy atom. The second-order valence-corrected chi connectivity index (χ2v) is 7.25. The molecule has 6 heteroatoms. The minimum absolute atomic E-state index is 0.153. The van der Waals surface area contributed by atoms with Crippen molar-refractivity contribution in [3.05, 3.63) is 33.8 Å². The van der Waals surface area contributed by atoms with E-state index in [1.165, 1.54) is 0 Å². The molecule has 1 aromatic carbocycles. The molecule has 1 unspecified atom stereocenters. The normalized spacial score (nSPS) is 28.1. The first-order valence-electron chi connectivity index (χ1n) is 8.14. The van der Waals surface area contributed by atoms with Gasteiger partial charge in [0.1, 0.15) is 6.10 Å². The van der Waals surface area contributed by atoms with Crippen LogP contribution in [0.3, 0.4) is 0 Å². The molecule has 4 nitrogen and oxygen atoms in total. The van der Waals surface area contributed by atoms with Gasteiger partial charge in [0.05, 0.1) is 23.2 Å². The van der Waals surface area contributed by atoms with E-state index in [2.05, 4.69) is 0 Å². The molecule has 0 spiro atoms. The van der Waals surface area contributed by atoms with Crippen LogP contribution in [0.25, 0.3) is 0 Å². The number of ether oxygens (including phenoxy) is 1. The van der Waals surface area contributed by atoms with E-state index in [0.29, 0.717) is 42.1 Å². The van der Waals surface area contributed by atoms with Gasteiger partial charge in [0.15, 0.2) is 0 Å². The third-order valence-electron chi connectivity index (χ3n) is 4.89. The second-order valence-electron chi connectivity index (χ2n) is 6.43. The highest BCUT2D eigenvalue weighted by Gasteiger charge is 2.30. The molecule has 2 aliphatic rings. The quantitative estimate of drug-likeness (QED) is 0.902. The van der Waals surface area contributed by atoms with Crippen molar-refractivity contribution in [3.63, 3.8) is 0 Å². The van der Waals surface area contributed by atoms with Gasteiger partial charge in [-0.25, -0.2) is 0 Å². The van der Waals surface area contributed by atoms with E-state index < -0.39 is 0 Å². The molecule has 2 fully saturated rings. The van der Waals surface area contributed by atoms with E-state index in [9.17, 15) is 4.79 Å². The maximum Gasteiger partial charge on any atom is 0.223 e. The Morgan fingerprint density at radius 1 is 1.30 bits per heavy atom. The van der Waals surface area contributed by atoms with E-state index in [0.717, 1.165) is 24.8 Å². The van der Waals surface area contributed by atoms with Gasteiger partial charge in [0.25, 0.3) is 0 Å². The summed E-state index contributed by atoms with van der Waals surface area (Å²) < 4.78 is 5.81. The van der Waals surface area contributed by atoms with Crippen molar-refractivity contribution in [2.75, 3.05) is 19.7 Å². The van der Waals surface area contributed by atoms with Gasteiger partial charge < -0.3 is 15.4 Å². The number of amides is 1.